The van der Waals surface area contributed by atoms with Crippen LogP contribution in [0.2, 0.25) is 0 Å². The third kappa shape index (κ3) is 3.97. The zero-order valence-electron chi connectivity index (χ0n) is 15.2. The van der Waals surface area contributed by atoms with Gasteiger partial charge >= 0.3 is 11.9 Å². The normalized spacial score (nSPS) is 17.0. The summed E-state index contributed by atoms with van der Waals surface area (Å²) in [6.45, 7) is -0.0245. The molecular formula is C18H12F5NO6S. The predicted octanol–water partition coefficient (Wildman–Crippen LogP) is 2.84. The van der Waals surface area contributed by atoms with Gasteiger partial charge in [-0.3, -0.25) is 4.79 Å². The molecule has 1 fully saturated rings. The lowest BCUT2D eigenvalue weighted by Gasteiger charge is -2.21. The van der Waals surface area contributed by atoms with Crippen LogP contribution in [0, 0.1) is 29.1 Å². The third-order valence-electron chi connectivity index (χ3n) is 4.55. The van der Waals surface area contributed by atoms with Crippen LogP contribution in [-0.4, -0.2) is 42.4 Å². The van der Waals surface area contributed by atoms with E-state index in [2.05, 4.69) is 4.74 Å². The van der Waals surface area contributed by atoms with Gasteiger partial charge in [0.05, 0.1) is 10.5 Å². The van der Waals surface area contributed by atoms with Crippen molar-refractivity contribution in [2.75, 3.05) is 6.54 Å². The highest BCUT2D eigenvalue weighted by Gasteiger charge is 2.39. The second-order valence-corrected chi connectivity index (χ2v) is 8.32. The fourth-order valence-electron chi connectivity index (χ4n) is 3.00. The van der Waals surface area contributed by atoms with Gasteiger partial charge in [0.25, 0.3) is 0 Å². The van der Waals surface area contributed by atoms with Crippen LogP contribution in [0.25, 0.3) is 0 Å². The number of ether oxygens (including phenoxy) is 1. The van der Waals surface area contributed by atoms with Crippen LogP contribution in [0.5, 0.6) is 5.75 Å². The van der Waals surface area contributed by atoms with Crippen LogP contribution in [-0.2, 0) is 14.8 Å². The molecule has 1 saturated heterocycles. The molecule has 13 heteroatoms. The summed E-state index contributed by atoms with van der Waals surface area (Å²) in [5, 5.41) is 9.15. The molecule has 166 valence electrons. The van der Waals surface area contributed by atoms with E-state index in [1.807, 2.05) is 0 Å². The number of benzene rings is 2. The van der Waals surface area contributed by atoms with Crippen LogP contribution >= 0.6 is 0 Å². The lowest BCUT2D eigenvalue weighted by Crippen LogP contribution is -2.40. The first-order valence-corrected chi connectivity index (χ1v) is 9.99. The number of esters is 1. The monoisotopic (exact) mass is 465 g/mol. The molecule has 1 unspecified atom stereocenters. The van der Waals surface area contributed by atoms with E-state index in [1.165, 1.54) is 0 Å². The number of halogens is 5. The minimum Gasteiger partial charge on any atom is -0.480 e. The first-order chi connectivity index (χ1) is 14.5. The van der Waals surface area contributed by atoms with E-state index in [1.54, 1.807) is 0 Å². The van der Waals surface area contributed by atoms with Gasteiger partial charge in [-0.1, -0.05) is 0 Å². The topological polar surface area (TPSA) is 101 Å². The molecule has 2 aromatic carbocycles. The standard InChI is InChI=1S/C18H12F5NO6S/c19-11-12(20)14(22)16(15(23)13(11)21)30-18(27)8-3-5-9(6-4-8)31(28,29)24-7-1-2-10(24)17(25)26/h3-6,10H,1-2,7H2,(H,25,26). The highest BCUT2D eigenvalue weighted by molar-refractivity contribution is 7.89. The van der Waals surface area contributed by atoms with Crippen LogP contribution in [0.4, 0.5) is 22.0 Å². The van der Waals surface area contributed by atoms with Crippen molar-refractivity contribution in [3.63, 3.8) is 0 Å². The van der Waals surface area contributed by atoms with E-state index >= 15 is 0 Å². The largest absolute Gasteiger partial charge is 0.480 e. The zero-order chi connectivity index (χ0) is 23.1. The second kappa shape index (κ2) is 8.23. The van der Waals surface area contributed by atoms with E-state index in [-0.39, 0.29) is 17.9 Å². The molecule has 0 bridgehead atoms. The van der Waals surface area contributed by atoms with E-state index in [0.717, 1.165) is 28.6 Å². The highest BCUT2D eigenvalue weighted by Crippen LogP contribution is 2.30. The van der Waals surface area contributed by atoms with Gasteiger partial charge in [-0.2, -0.15) is 13.1 Å². The summed E-state index contributed by atoms with van der Waals surface area (Å²) in [5.41, 5.74) is -0.459. The Bertz CT molecular complexity index is 1140. The maximum atomic E-state index is 13.6. The molecule has 1 N–H and O–H groups in total. The van der Waals surface area contributed by atoms with Gasteiger partial charge in [0.2, 0.25) is 44.9 Å². The summed E-state index contributed by atoms with van der Waals surface area (Å²) < 4.78 is 97.1. The van der Waals surface area contributed by atoms with Crippen LogP contribution in [0.1, 0.15) is 23.2 Å². The Morgan fingerprint density at radius 1 is 0.935 bits per heavy atom. The Balaban J connectivity index is 1.86. The van der Waals surface area contributed by atoms with Gasteiger partial charge in [0.15, 0.2) is 0 Å². The quantitative estimate of drug-likeness (QED) is 0.240. The number of carboxylic acids is 1. The number of sulfonamides is 1. The van der Waals surface area contributed by atoms with Crippen molar-refractivity contribution >= 4 is 22.0 Å². The Hall–Kier alpha value is -3.06. The number of carbonyl (C=O) groups is 2. The smallest absolute Gasteiger partial charge is 0.343 e. The maximum Gasteiger partial charge on any atom is 0.343 e. The maximum absolute atomic E-state index is 13.6. The molecule has 1 heterocycles. The Kier molecular flexibility index (Phi) is 6.00. The molecule has 0 saturated carbocycles. The van der Waals surface area contributed by atoms with Crippen molar-refractivity contribution in [1.82, 2.24) is 4.31 Å². The minimum absolute atomic E-state index is 0.0245. The van der Waals surface area contributed by atoms with Crippen LogP contribution in [0.3, 0.4) is 0 Å². The van der Waals surface area contributed by atoms with Gasteiger partial charge in [0, 0.05) is 6.54 Å². The molecule has 2 aromatic rings. The van der Waals surface area contributed by atoms with Crippen molar-refractivity contribution in [3.8, 4) is 5.75 Å². The molecule has 0 radical (unpaired) electrons. The summed E-state index contributed by atoms with van der Waals surface area (Å²) in [4.78, 5) is 22.9. The van der Waals surface area contributed by atoms with Gasteiger partial charge < -0.3 is 9.84 Å². The fraction of sp³-hybridized carbons (Fsp3) is 0.222. The van der Waals surface area contributed by atoms with Crippen LogP contribution < -0.4 is 4.74 Å². The molecule has 7 nitrogen and oxygen atoms in total. The molecule has 0 aromatic heterocycles. The molecule has 1 aliphatic rings. The molecule has 1 aliphatic heterocycles. The van der Waals surface area contributed by atoms with Gasteiger partial charge in [0.1, 0.15) is 6.04 Å². The molecular weight excluding hydrogens is 453 g/mol. The minimum atomic E-state index is -4.22. The van der Waals surface area contributed by atoms with Crippen molar-refractivity contribution in [1.29, 1.82) is 0 Å². The molecule has 3 rings (SSSR count). The van der Waals surface area contributed by atoms with E-state index in [4.69, 9.17) is 5.11 Å². The summed E-state index contributed by atoms with van der Waals surface area (Å²) in [6, 6.07) is 2.35. The Labute approximate surface area is 171 Å². The molecule has 0 spiro atoms. The van der Waals surface area contributed by atoms with Gasteiger partial charge in [-0.25, -0.2) is 26.4 Å². The van der Waals surface area contributed by atoms with Crippen molar-refractivity contribution in [2.24, 2.45) is 0 Å². The number of hydrogen-bond donors (Lipinski definition) is 1. The van der Waals surface area contributed by atoms with Crippen LogP contribution in [0.15, 0.2) is 29.2 Å². The summed E-state index contributed by atoms with van der Waals surface area (Å²) >= 11 is 0. The van der Waals surface area contributed by atoms with Crippen molar-refractivity contribution in [2.45, 2.75) is 23.8 Å². The number of carbonyl (C=O) groups excluding carboxylic acids is 1. The Morgan fingerprint density at radius 3 is 1.97 bits per heavy atom. The summed E-state index contributed by atoms with van der Waals surface area (Å²) in [7, 11) is -4.22. The fourth-order valence-corrected chi connectivity index (χ4v) is 4.65. The lowest BCUT2D eigenvalue weighted by molar-refractivity contribution is -0.140. The van der Waals surface area contributed by atoms with Crippen molar-refractivity contribution in [3.05, 3.63) is 58.9 Å². The molecule has 31 heavy (non-hydrogen) atoms. The third-order valence-corrected chi connectivity index (χ3v) is 6.47. The molecule has 1 atom stereocenters. The second-order valence-electron chi connectivity index (χ2n) is 6.42. The summed E-state index contributed by atoms with van der Waals surface area (Å²) in [5.74, 6) is -16.4. The number of nitrogens with zero attached hydrogens (tertiary/aromatic N) is 1. The zero-order valence-corrected chi connectivity index (χ0v) is 16.1. The number of carboxylic acid groups (broad SMARTS) is 1. The average molecular weight is 465 g/mol. The molecule has 0 amide bonds. The highest BCUT2D eigenvalue weighted by atomic mass is 32.2. The van der Waals surface area contributed by atoms with E-state index in [9.17, 15) is 40.0 Å². The van der Waals surface area contributed by atoms with E-state index in [0.29, 0.717) is 6.42 Å². The number of aliphatic carboxylic acids is 1. The van der Waals surface area contributed by atoms with Gasteiger partial charge in [-0.05, 0) is 37.1 Å². The first-order valence-electron chi connectivity index (χ1n) is 8.55. The predicted molar refractivity (Wildman–Crippen MR) is 92.2 cm³/mol. The number of hydrogen-bond acceptors (Lipinski definition) is 5. The Morgan fingerprint density at radius 2 is 1.45 bits per heavy atom. The SMILES string of the molecule is O=C(Oc1c(F)c(F)c(F)c(F)c1F)c1ccc(S(=O)(=O)N2CCCC2C(=O)O)cc1. The van der Waals surface area contributed by atoms with Gasteiger partial charge in [-0.15, -0.1) is 0 Å². The average Bonchev–Trinajstić information content (AvgIpc) is 3.25. The first kappa shape index (κ1) is 22.6. The van der Waals surface area contributed by atoms with Crippen molar-refractivity contribution < 1.29 is 49.8 Å². The molecule has 0 aliphatic carbocycles. The summed E-state index contributed by atoms with van der Waals surface area (Å²) in [6.07, 6.45) is 0.462. The lowest BCUT2D eigenvalue weighted by atomic mass is 10.2. The number of rotatable bonds is 5. The van der Waals surface area contributed by atoms with E-state index < -0.39 is 68.4 Å².